The summed E-state index contributed by atoms with van der Waals surface area (Å²) >= 11 is 0. The lowest BCUT2D eigenvalue weighted by molar-refractivity contribution is 0.506. The van der Waals surface area contributed by atoms with Gasteiger partial charge < -0.3 is 11.5 Å². The van der Waals surface area contributed by atoms with Gasteiger partial charge in [0.1, 0.15) is 0 Å². The first-order valence-corrected chi connectivity index (χ1v) is 5.49. The summed E-state index contributed by atoms with van der Waals surface area (Å²) < 4.78 is 1.94. The summed E-state index contributed by atoms with van der Waals surface area (Å²) in [7, 11) is 1.98. The van der Waals surface area contributed by atoms with Gasteiger partial charge in [-0.3, -0.25) is 4.68 Å². The van der Waals surface area contributed by atoms with Crippen LogP contribution in [-0.2, 0) is 13.5 Å². The van der Waals surface area contributed by atoms with Crippen molar-refractivity contribution >= 4 is 0 Å². The Balaban J connectivity index is 2.64. The smallest absolute Gasteiger partial charge is 0.0628 e. The van der Waals surface area contributed by atoms with E-state index < -0.39 is 0 Å². The number of hydrogen-bond donors (Lipinski definition) is 2. The third kappa shape index (κ3) is 2.79. The maximum atomic E-state index is 5.63. The first-order valence-electron chi connectivity index (χ1n) is 5.49. The van der Waals surface area contributed by atoms with Gasteiger partial charge in [0.2, 0.25) is 0 Å². The number of aromatic nitrogens is 2. The second-order valence-electron chi connectivity index (χ2n) is 4.15. The molecule has 0 saturated heterocycles. The topological polar surface area (TPSA) is 69.9 Å². The van der Waals surface area contributed by atoms with Crippen LogP contribution >= 0.6 is 0 Å². The molecule has 0 atom stereocenters. The van der Waals surface area contributed by atoms with Crippen LogP contribution in [0.3, 0.4) is 0 Å². The molecule has 0 saturated carbocycles. The van der Waals surface area contributed by atoms with E-state index in [9.17, 15) is 0 Å². The molecule has 0 aliphatic carbocycles. The second-order valence-corrected chi connectivity index (χ2v) is 4.15. The number of hydrogen-bond acceptors (Lipinski definition) is 3. The van der Waals surface area contributed by atoms with E-state index in [0.29, 0.717) is 19.0 Å². The molecule has 0 amide bonds. The SMILES string of the molecule is Cc1nn(C)c(C)c1CCC(CN)CN. The van der Waals surface area contributed by atoms with Crippen molar-refractivity contribution in [2.24, 2.45) is 24.4 Å². The van der Waals surface area contributed by atoms with E-state index in [2.05, 4.69) is 18.9 Å². The van der Waals surface area contributed by atoms with Crippen molar-refractivity contribution in [2.75, 3.05) is 13.1 Å². The number of nitrogens with zero attached hydrogens (tertiary/aromatic N) is 2. The fourth-order valence-corrected chi connectivity index (χ4v) is 1.86. The van der Waals surface area contributed by atoms with Gasteiger partial charge in [-0.15, -0.1) is 0 Å². The Bertz CT molecular complexity index is 313. The first-order chi connectivity index (χ1) is 7.10. The third-order valence-electron chi connectivity index (χ3n) is 3.13. The van der Waals surface area contributed by atoms with E-state index in [1.165, 1.54) is 11.3 Å². The molecule has 0 fully saturated rings. The molecule has 1 rings (SSSR count). The molecular formula is C11H22N4. The molecule has 15 heavy (non-hydrogen) atoms. The highest BCUT2D eigenvalue weighted by molar-refractivity contribution is 5.24. The van der Waals surface area contributed by atoms with Crippen LogP contribution in [0.2, 0.25) is 0 Å². The van der Waals surface area contributed by atoms with E-state index in [1.54, 1.807) is 0 Å². The highest BCUT2D eigenvalue weighted by atomic mass is 15.3. The van der Waals surface area contributed by atoms with Crippen molar-refractivity contribution in [1.82, 2.24) is 9.78 Å². The molecule has 0 aliphatic rings. The fraction of sp³-hybridized carbons (Fsp3) is 0.727. The van der Waals surface area contributed by atoms with Crippen molar-refractivity contribution < 1.29 is 0 Å². The molecule has 0 bridgehead atoms. The number of aryl methyl sites for hydroxylation is 2. The minimum atomic E-state index is 0.434. The van der Waals surface area contributed by atoms with Gasteiger partial charge in [0.15, 0.2) is 0 Å². The Morgan fingerprint density at radius 1 is 1.27 bits per heavy atom. The highest BCUT2D eigenvalue weighted by Crippen LogP contribution is 2.16. The molecule has 1 aromatic rings. The zero-order valence-electron chi connectivity index (χ0n) is 9.95. The van der Waals surface area contributed by atoms with Crippen LogP contribution in [0.4, 0.5) is 0 Å². The minimum Gasteiger partial charge on any atom is -0.330 e. The van der Waals surface area contributed by atoms with Crippen LogP contribution in [-0.4, -0.2) is 22.9 Å². The molecule has 0 aliphatic heterocycles. The molecule has 0 aromatic carbocycles. The quantitative estimate of drug-likeness (QED) is 0.743. The molecule has 4 nitrogen and oxygen atoms in total. The summed E-state index contributed by atoms with van der Waals surface area (Å²) in [6.45, 7) is 5.52. The summed E-state index contributed by atoms with van der Waals surface area (Å²) in [6, 6.07) is 0. The van der Waals surface area contributed by atoms with Crippen LogP contribution in [0, 0.1) is 19.8 Å². The largest absolute Gasteiger partial charge is 0.330 e. The Kier molecular flexibility index (Phi) is 4.29. The van der Waals surface area contributed by atoms with Crippen molar-refractivity contribution in [2.45, 2.75) is 26.7 Å². The number of rotatable bonds is 5. The van der Waals surface area contributed by atoms with E-state index in [0.717, 1.165) is 18.5 Å². The molecule has 0 unspecified atom stereocenters. The summed E-state index contributed by atoms with van der Waals surface area (Å²) in [5.74, 6) is 0.434. The molecule has 1 heterocycles. The van der Waals surface area contributed by atoms with Gasteiger partial charge in [0.25, 0.3) is 0 Å². The van der Waals surface area contributed by atoms with Gasteiger partial charge >= 0.3 is 0 Å². The summed E-state index contributed by atoms with van der Waals surface area (Å²) in [6.07, 6.45) is 2.09. The maximum Gasteiger partial charge on any atom is 0.0628 e. The van der Waals surface area contributed by atoms with Crippen LogP contribution in [0.25, 0.3) is 0 Å². The Morgan fingerprint density at radius 3 is 2.27 bits per heavy atom. The first kappa shape index (κ1) is 12.2. The standard InChI is InChI=1S/C11H22N4/c1-8-11(9(2)15(3)14-8)5-4-10(6-12)7-13/h10H,4-7,12-13H2,1-3H3. The molecular weight excluding hydrogens is 188 g/mol. The van der Waals surface area contributed by atoms with E-state index in [4.69, 9.17) is 11.5 Å². The zero-order valence-corrected chi connectivity index (χ0v) is 9.95. The number of nitrogens with two attached hydrogens (primary N) is 2. The average Bonchev–Trinajstić information content (AvgIpc) is 2.45. The van der Waals surface area contributed by atoms with E-state index in [1.807, 2.05) is 11.7 Å². The van der Waals surface area contributed by atoms with E-state index >= 15 is 0 Å². The fourth-order valence-electron chi connectivity index (χ4n) is 1.86. The Morgan fingerprint density at radius 2 is 1.87 bits per heavy atom. The highest BCUT2D eigenvalue weighted by Gasteiger charge is 2.11. The van der Waals surface area contributed by atoms with Gasteiger partial charge in [-0.05, 0) is 51.3 Å². The van der Waals surface area contributed by atoms with Gasteiger partial charge in [0.05, 0.1) is 5.69 Å². The van der Waals surface area contributed by atoms with Crippen molar-refractivity contribution in [3.05, 3.63) is 17.0 Å². The van der Waals surface area contributed by atoms with Crippen LogP contribution in [0.1, 0.15) is 23.4 Å². The van der Waals surface area contributed by atoms with Crippen molar-refractivity contribution in [3.63, 3.8) is 0 Å². The second kappa shape index (κ2) is 5.28. The lowest BCUT2D eigenvalue weighted by atomic mass is 9.99. The molecule has 4 N–H and O–H groups in total. The van der Waals surface area contributed by atoms with Gasteiger partial charge in [-0.2, -0.15) is 5.10 Å². The predicted molar refractivity (Wildman–Crippen MR) is 62.6 cm³/mol. The van der Waals surface area contributed by atoms with Gasteiger partial charge in [0, 0.05) is 12.7 Å². The van der Waals surface area contributed by atoms with Crippen LogP contribution in [0.15, 0.2) is 0 Å². The lowest BCUT2D eigenvalue weighted by Crippen LogP contribution is -2.23. The third-order valence-corrected chi connectivity index (χ3v) is 3.13. The zero-order chi connectivity index (χ0) is 11.4. The normalized spacial score (nSPS) is 11.3. The Hall–Kier alpha value is -0.870. The average molecular weight is 210 g/mol. The molecule has 1 aromatic heterocycles. The lowest BCUT2D eigenvalue weighted by Gasteiger charge is -2.11. The van der Waals surface area contributed by atoms with Crippen LogP contribution < -0.4 is 11.5 Å². The summed E-state index contributed by atoms with van der Waals surface area (Å²) in [5.41, 5.74) is 15.0. The monoisotopic (exact) mass is 210 g/mol. The Labute approximate surface area is 91.6 Å². The van der Waals surface area contributed by atoms with Gasteiger partial charge in [-0.25, -0.2) is 0 Å². The predicted octanol–water partition coefficient (Wildman–Crippen LogP) is 0.503. The minimum absolute atomic E-state index is 0.434. The summed E-state index contributed by atoms with van der Waals surface area (Å²) in [5, 5.41) is 4.39. The van der Waals surface area contributed by atoms with Crippen LogP contribution in [0.5, 0.6) is 0 Å². The summed E-state index contributed by atoms with van der Waals surface area (Å²) in [4.78, 5) is 0. The van der Waals surface area contributed by atoms with E-state index in [-0.39, 0.29) is 0 Å². The van der Waals surface area contributed by atoms with Gasteiger partial charge in [-0.1, -0.05) is 0 Å². The van der Waals surface area contributed by atoms with Crippen molar-refractivity contribution in [3.8, 4) is 0 Å². The van der Waals surface area contributed by atoms with Crippen molar-refractivity contribution in [1.29, 1.82) is 0 Å². The molecule has 0 spiro atoms. The molecule has 4 heteroatoms. The maximum absolute atomic E-state index is 5.63. The molecule has 0 radical (unpaired) electrons. The molecule has 86 valence electrons.